The van der Waals surface area contributed by atoms with Crippen molar-refractivity contribution < 1.29 is 42.1 Å². The van der Waals surface area contributed by atoms with Crippen molar-refractivity contribution in [2.75, 3.05) is 47.5 Å². The summed E-state index contributed by atoms with van der Waals surface area (Å²) in [5.41, 5.74) is 0. The van der Waals surface area contributed by atoms with Gasteiger partial charge in [0.2, 0.25) is 0 Å². The summed E-state index contributed by atoms with van der Waals surface area (Å²) in [7, 11) is 1.15. The lowest BCUT2D eigenvalue weighted by Gasteiger charge is -2.28. The fourth-order valence-corrected chi connectivity index (χ4v) is 9.58. The largest absolute Gasteiger partial charge is 0.756 e. The van der Waals surface area contributed by atoms with Crippen LogP contribution in [0.25, 0.3) is 0 Å². The van der Waals surface area contributed by atoms with Crippen molar-refractivity contribution in [3.05, 3.63) is 109 Å². The first-order valence-corrected chi connectivity index (χ1v) is 34.1. The zero-order valence-electron chi connectivity index (χ0n) is 52.2. The number of carbonyl (C=O) groups excluding carboxylic acids is 2. The molecule has 2 unspecified atom stereocenters. The monoisotopic (exact) mass is 1140 g/mol. The molecule has 0 aromatic carbocycles. The van der Waals surface area contributed by atoms with E-state index in [0.29, 0.717) is 23.9 Å². The summed E-state index contributed by atoms with van der Waals surface area (Å²) in [6.45, 7) is 4.01. The van der Waals surface area contributed by atoms with Crippen LogP contribution in [0.1, 0.15) is 271 Å². The van der Waals surface area contributed by atoms with E-state index in [4.69, 9.17) is 18.5 Å². The predicted octanol–water partition coefficient (Wildman–Crippen LogP) is 20.3. The van der Waals surface area contributed by atoms with Crippen LogP contribution in [0.5, 0.6) is 0 Å². The number of esters is 2. The zero-order valence-corrected chi connectivity index (χ0v) is 53.1. The first-order chi connectivity index (χ1) is 39.0. The maximum absolute atomic E-state index is 12.8. The molecule has 0 saturated heterocycles. The van der Waals surface area contributed by atoms with Crippen molar-refractivity contribution in [1.29, 1.82) is 0 Å². The van der Waals surface area contributed by atoms with Crippen LogP contribution in [-0.4, -0.2) is 70.0 Å². The fraction of sp³-hybridized carbons (Fsp3) is 0.714. The van der Waals surface area contributed by atoms with E-state index in [1.165, 1.54) is 116 Å². The van der Waals surface area contributed by atoms with Crippen molar-refractivity contribution in [3.8, 4) is 0 Å². The average molecular weight is 1140 g/mol. The van der Waals surface area contributed by atoms with Gasteiger partial charge in [0.05, 0.1) is 27.7 Å². The van der Waals surface area contributed by atoms with E-state index in [0.717, 1.165) is 116 Å². The summed E-state index contributed by atoms with van der Waals surface area (Å²) in [6.07, 6.45) is 84.5. The molecule has 0 aliphatic heterocycles. The molecule has 0 heterocycles. The molecule has 2 atom stereocenters. The van der Waals surface area contributed by atoms with E-state index < -0.39 is 32.5 Å². The number of rotatable bonds is 59. The van der Waals surface area contributed by atoms with Gasteiger partial charge in [-0.1, -0.05) is 271 Å². The lowest BCUT2D eigenvalue weighted by Crippen LogP contribution is -2.37. The third-order valence-electron chi connectivity index (χ3n) is 13.8. The molecule has 0 saturated carbocycles. The van der Waals surface area contributed by atoms with Crippen LogP contribution in [0.4, 0.5) is 0 Å². The molecule has 0 amide bonds. The van der Waals surface area contributed by atoms with Crippen LogP contribution in [0.2, 0.25) is 0 Å². The second kappa shape index (κ2) is 60.3. The molecule has 0 N–H and O–H groups in total. The Kier molecular flexibility index (Phi) is 57.8. The molecule has 0 aromatic rings. The Morgan fingerprint density at radius 2 is 0.675 bits per heavy atom. The Bertz CT molecular complexity index is 1720. The number of unbranched alkanes of at least 4 members (excludes halogenated alkanes) is 27. The molecule has 9 nitrogen and oxygen atoms in total. The van der Waals surface area contributed by atoms with Gasteiger partial charge < -0.3 is 27.9 Å². The van der Waals surface area contributed by atoms with Crippen LogP contribution in [0.15, 0.2) is 109 Å². The van der Waals surface area contributed by atoms with E-state index in [1.807, 2.05) is 21.1 Å². The lowest BCUT2D eigenvalue weighted by molar-refractivity contribution is -0.870. The Morgan fingerprint density at radius 1 is 0.388 bits per heavy atom. The van der Waals surface area contributed by atoms with E-state index in [-0.39, 0.29) is 26.1 Å². The molecule has 0 bridgehead atoms. The van der Waals surface area contributed by atoms with E-state index >= 15 is 0 Å². The van der Waals surface area contributed by atoms with Crippen LogP contribution in [0, 0.1) is 0 Å². The number of likely N-dealkylation sites (N-methyl/N-ethyl adjacent to an activating group) is 1. The maximum Gasteiger partial charge on any atom is 0.306 e. The van der Waals surface area contributed by atoms with Gasteiger partial charge in [-0.05, 0) is 96.3 Å². The smallest absolute Gasteiger partial charge is 0.306 e. The molecule has 0 fully saturated rings. The van der Waals surface area contributed by atoms with Gasteiger partial charge in [-0.25, -0.2) is 0 Å². The molecular weight excluding hydrogens is 1010 g/mol. The summed E-state index contributed by atoms with van der Waals surface area (Å²) in [4.78, 5) is 37.9. The van der Waals surface area contributed by atoms with Crippen molar-refractivity contribution in [2.24, 2.45) is 0 Å². The highest BCUT2D eigenvalue weighted by Gasteiger charge is 2.22. The molecule has 0 spiro atoms. The molecule has 460 valence electrons. The van der Waals surface area contributed by atoms with E-state index in [2.05, 4.69) is 123 Å². The Balaban J connectivity index is 4.01. The number of hydrogen-bond donors (Lipinski definition) is 0. The predicted molar refractivity (Wildman–Crippen MR) is 342 cm³/mol. The molecule has 0 aliphatic carbocycles. The lowest BCUT2D eigenvalue weighted by atomic mass is 10.0. The average Bonchev–Trinajstić information content (AvgIpc) is 3.42. The molecular formula is C70H122NO8P. The first kappa shape index (κ1) is 76.7. The zero-order chi connectivity index (χ0) is 58.4. The van der Waals surface area contributed by atoms with Crippen molar-refractivity contribution in [2.45, 2.75) is 277 Å². The second-order valence-corrected chi connectivity index (χ2v) is 24.1. The molecule has 0 aromatic heterocycles. The highest BCUT2D eigenvalue weighted by molar-refractivity contribution is 7.45. The number of phosphoric ester groups is 1. The van der Waals surface area contributed by atoms with Gasteiger partial charge in [-0.3, -0.25) is 14.2 Å². The minimum absolute atomic E-state index is 0.0365. The molecule has 0 radical (unpaired) electrons. The second-order valence-electron chi connectivity index (χ2n) is 22.7. The Hall–Kier alpha value is -3.33. The van der Waals surface area contributed by atoms with Crippen LogP contribution in [-0.2, 0) is 32.7 Å². The van der Waals surface area contributed by atoms with Gasteiger partial charge in [0, 0.05) is 12.8 Å². The minimum atomic E-state index is -4.65. The number of carbonyl (C=O) groups is 2. The van der Waals surface area contributed by atoms with Gasteiger partial charge >= 0.3 is 11.9 Å². The van der Waals surface area contributed by atoms with Gasteiger partial charge in [0.15, 0.2) is 6.10 Å². The van der Waals surface area contributed by atoms with Crippen molar-refractivity contribution >= 4 is 19.8 Å². The quantitative estimate of drug-likeness (QED) is 0.0195. The molecule has 0 rings (SSSR count). The first-order valence-electron chi connectivity index (χ1n) is 32.6. The van der Waals surface area contributed by atoms with Crippen LogP contribution >= 0.6 is 7.82 Å². The van der Waals surface area contributed by atoms with Crippen LogP contribution in [0.3, 0.4) is 0 Å². The normalized spacial score (nSPS) is 13.9. The number of phosphoric acid groups is 1. The van der Waals surface area contributed by atoms with Crippen LogP contribution < -0.4 is 4.89 Å². The summed E-state index contributed by atoms with van der Waals surface area (Å²) in [5.74, 6) is -0.846. The molecule has 80 heavy (non-hydrogen) atoms. The number of nitrogens with zero attached hydrogens (tertiary/aromatic N) is 1. The van der Waals surface area contributed by atoms with E-state index in [9.17, 15) is 19.0 Å². The third kappa shape index (κ3) is 63.8. The molecule has 0 aliphatic rings. The SMILES string of the molecule is CC/C=C\C/C=C\C/C=C\C/C=C\C/C=C\CCCCCCCCCCCCCCCCCCCCCCCC(=O)OC(COC(=O)CCCCCCCC/C=C\C/C=C\C/C=C\C/C=C\CC)COP(=O)([O-])OCC[N+](C)(C)C. The van der Waals surface area contributed by atoms with E-state index in [1.54, 1.807) is 0 Å². The number of ether oxygens (including phenoxy) is 2. The standard InChI is InChI=1S/C70H122NO8P/c1-6-8-10-12-14-16-18-20-22-24-26-27-28-29-30-31-32-33-34-35-36-37-38-39-40-41-42-43-45-47-49-51-53-55-57-59-61-63-70(73)79-68(67-78-80(74,75)77-65-64-71(3,4)5)66-76-69(72)62-60-58-56-54-52-50-48-46-44-25-23-21-19-17-15-13-11-9-7-2/h8-11,14-17,20-23,26-27,29-30,44,46,68H,6-7,12-13,18-19,24-25,28,31-43,45,47-67H2,1-5H3/b10-8-,11-9-,16-14-,17-15-,22-20-,23-21-,27-26-,30-29-,46-44-. The van der Waals surface area contributed by atoms with Gasteiger partial charge in [0.1, 0.15) is 19.8 Å². The number of quaternary nitrogens is 1. The summed E-state index contributed by atoms with van der Waals surface area (Å²) in [5, 5.41) is 0. The molecule has 10 heteroatoms. The van der Waals surface area contributed by atoms with Gasteiger partial charge in [-0.2, -0.15) is 0 Å². The van der Waals surface area contributed by atoms with Gasteiger partial charge in [0.25, 0.3) is 7.82 Å². The summed E-state index contributed by atoms with van der Waals surface area (Å²) < 4.78 is 34.2. The minimum Gasteiger partial charge on any atom is -0.756 e. The highest BCUT2D eigenvalue weighted by atomic mass is 31.2. The Labute approximate surface area is 493 Å². The fourth-order valence-electron chi connectivity index (χ4n) is 8.85. The van der Waals surface area contributed by atoms with Crippen molar-refractivity contribution in [1.82, 2.24) is 0 Å². The summed E-state index contributed by atoms with van der Waals surface area (Å²) >= 11 is 0. The number of hydrogen-bond acceptors (Lipinski definition) is 8. The number of allylic oxidation sites excluding steroid dienone is 18. The maximum atomic E-state index is 12.8. The highest BCUT2D eigenvalue weighted by Crippen LogP contribution is 2.38. The third-order valence-corrected chi connectivity index (χ3v) is 14.8. The van der Waals surface area contributed by atoms with Crippen molar-refractivity contribution in [3.63, 3.8) is 0 Å². The summed E-state index contributed by atoms with van der Waals surface area (Å²) in [6, 6.07) is 0. The topological polar surface area (TPSA) is 111 Å². The Morgan fingerprint density at radius 3 is 1.00 bits per heavy atom. The van der Waals surface area contributed by atoms with Gasteiger partial charge in [-0.15, -0.1) is 0 Å².